The molecule has 4 heterocycles. The van der Waals surface area contributed by atoms with Crippen molar-refractivity contribution in [2.24, 2.45) is 0 Å². The third-order valence-corrected chi connectivity index (χ3v) is 12.8. The molecule has 2 aromatic carbocycles. The van der Waals surface area contributed by atoms with Gasteiger partial charge >= 0.3 is 11.9 Å². The second kappa shape index (κ2) is 14.2. The van der Waals surface area contributed by atoms with E-state index in [4.69, 9.17) is 9.47 Å². The van der Waals surface area contributed by atoms with Crippen LogP contribution in [-0.4, -0.2) is 33.5 Å². The molecule has 0 spiro atoms. The molecule has 4 aromatic heterocycles. The summed E-state index contributed by atoms with van der Waals surface area (Å²) in [7, 11) is 0. The van der Waals surface area contributed by atoms with Crippen LogP contribution in [0.4, 0.5) is 0 Å². The summed E-state index contributed by atoms with van der Waals surface area (Å²) < 4.78 is 11.5. The molecule has 0 fully saturated rings. The van der Waals surface area contributed by atoms with E-state index >= 15 is 0 Å². The zero-order valence-corrected chi connectivity index (χ0v) is 31.3. The van der Waals surface area contributed by atoms with Gasteiger partial charge in [-0.2, -0.15) is 0 Å². The number of benzene rings is 2. The van der Waals surface area contributed by atoms with Gasteiger partial charge in [0, 0.05) is 61.8 Å². The maximum atomic E-state index is 13.5. The zero-order chi connectivity index (χ0) is 36.8. The first-order chi connectivity index (χ1) is 25.6. The number of ether oxygens (including phenoxy) is 2. The molecule has 2 aliphatic carbocycles. The van der Waals surface area contributed by atoms with Crippen molar-refractivity contribution in [1.82, 2.24) is 9.97 Å². The average molecular weight is 743 g/mol. The average Bonchev–Trinajstić information content (AvgIpc) is 3.97. The first kappa shape index (κ1) is 34.7. The van der Waals surface area contributed by atoms with Crippen LogP contribution in [-0.2, 0) is 35.5 Å². The number of carbonyl (C=O) groups excluding carboxylic acids is 4. The van der Waals surface area contributed by atoms with Crippen molar-refractivity contribution >= 4 is 46.2 Å². The minimum absolute atomic E-state index is 0.00949. The Hall–Kier alpha value is -5.32. The van der Waals surface area contributed by atoms with E-state index in [1.54, 1.807) is 29.6 Å². The number of aryl methyl sites for hydroxylation is 1. The van der Waals surface area contributed by atoms with E-state index in [0.29, 0.717) is 59.3 Å². The van der Waals surface area contributed by atoms with E-state index in [2.05, 4.69) is 34.2 Å². The van der Waals surface area contributed by atoms with Crippen LogP contribution in [0.2, 0.25) is 0 Å². The standard InChI is InChI=1S/C43H38N2O6S2/c1-23-11-12-27(22-51-43(49)41-25(3)38-31(44-41)17-28(19-33(38)46)35-10-7-15-52-35)30(16-23)37-14-13-36(53-37)29-18-32-39(34(47)20-29)24(2)40(45-32)42(48)50-21-26-8-5-4-6-9-26/h4-16,28-29,44-45H,17-22H2,1-3H3. The summed E-state index contributed by atoms with van der Waals surface area (Å²) in [4.78, 5) is 62.9. The van der Waals surface area contributed by atoms with Gasteiger partial charge in [0.1, 0.15) is 24.6 Å². The van der Waals surface area contributed by atoms with Gasteiger partial charge in [-0.3, -0.25) is 9.59 Å². The first-order valence-corrected chi connectivity index (χ1v) is 19.4. The Kier molecular flexibility index (Phi) is 9.34. The van der Waals surface area contributed by atoms with Crippen LogP contribution in [0.5, 0.6) is 0 Å². The molecule has 10 heteroatoms. The highest BCUT2D eigenvalue weighted by molar-refractivity contribution is 7.15. The lowest BCUT2D eigenvalue weighted by Crippen LogP contribution is -2.17. The number of Topliss-reactive ketones (excluding diaryl/α,β-unsaturated/α-hetero) is 2. The number of nitrogens with one attached hydrogen (secondary N) is 2. The van der Waals surface area contributed by atoms with Crippen molar-refractivity contribution in [2.75, 3.05) is 0 Å². The van der Waals surface area contributed by atoms with E-state index in [1.165, 1.54) is 4.88 Å². The highest BCUT2D eigenvalue weighted by atomic mass is 32.1. The van der Waals surface area contributed by atoms with Crippen LogP contribution in [0.1, 0.15) is 115 Å². The Morgan fingerprint density at radius 2 is 1.32 bits per heavy atom. The highest BCUT2D eigenvalue weighted by Crippen LogP contribution is 2.41. The van der Waals surface area contributed by atoms with Crippen molar-refractivity contribution in [3.63, 3.8) is 0 Å². The number of esters is 2. The van der Waals surface area contributed by atoms with Crippen LogP contribution in [0, 0.1) is 20.8 Å². The number of fused-ring (bicyclic) bond motifs is 2. The van der Waals surface area contributed by atoms with Gasteiger partial charge < -0.3 is 19.4 Å². The molecule has 8 rings (SSSR count). The van der Waals surface area contributed by atoms with Crippen LogP contribution in [0.15, 0.2) is 78.2 Å². The quantitative estimate of drug-likeness (QED) is 0.143. The largest absolute Gasteiger partial charge is 0.456 e. The third-order valence-electron chi connectivity index (χ3n) is 10.5. The molecule has 0 saturated heterocycles. The smallest absolute Gasteiger partial charge is 0.355 e. The van der Waals surface area contributed by atoms with Gasteiger partial charge in [-0.25, -0.2) is 9.59 Å². The van der Waals surface area contributed by atoms with Crippen LogP contribution in [0.25, 0.3) is 10.4 Å². The fourth-order valence-corrected chi connectivity index (χ4v) is 9.76. The third kappa shape index (κ3) is 6.73. The lowest BCUT2D eigenvalue weighted by atomic mass is 9.84. The monoisotopic (exact) mass is 742 g/mol. The fourth-order valence-electron chi connectivity index (χ4n) is 7.77. The molecule has 53 heavy (non-hydrogen) atoms. The molecule has 2 atom stereocenters. The molecule has 0 aliphatic heterocycles. The van der Waals surface area contributed by atoms with Crippen molar-refractivity contribution in [3.05, 3.63) is 150 Å². The first-order valence-electron chi connectivity index (χ1n) is 17.7. The minimum Gasteiger partial charge on any atom is -0.456 e. The van der Waals surface area contributed by atoms with Gasteiger partial charge in [0.05, 0.1) is 0 Å². The molecule has 8 nitrogen and oxygen atoms in total. The van der Waals surface area contributed by atoms with E-state index in [0.717, 1.165) is 43.4 Å². The second-order valence-electron chi connectivity index (χ2n) is 14.0. The van der Waals surface area contributed by atoms with Gasteiger partial charge in [-0.15, -0.1) is 22.7 Å². The summed E-state index contributed by atoms with van der Waals surface area (Å²) in [5.74, 6) is -0.841. The molecule has 2 N–H and O–H groups in total. The van der Waals surface area contributed by atoms with E-state index in [-0.39, 0.29) is 36.6 Å². The Morgan fingerprint density at radius 1 is 0.698 bits per heavy atom. The molecule has 6 aromatic rings. The molecule has 0 radical (unpaired) electrons. The maximum absolute atomic E-state index is 13.5. The summed E-state index contributed by atoms with van der Waals surface area (Å²) in [6.45, 7) is 5.86. The SMILES string of the molecule is Cc1ccc(COC(=O)c2[nH]c3c(c2C)C(=O)CC(c2cccs2)C3)c(-c2ccc(C3CC(=O)c4c([nH]c(C(=O)OCc5ccccc5)c4C)C3)s2)c1. The van der Waals surface area contributed by atoms with E-state index in [1.807, 2.05) is 67.8 Å². The number of thiophene rings is 2. The highest BCUT2D eigenvalue weighted by Gasteiger charge is 2.34. The normalized spacial score (nSPS) is 16.7. The summed E-state index contributed by atoms with van der Waals surface area (Å²) in [6, 6.07) is 23.8. The lowest BCUT2D eigenvalue weighted by molar-refractivity contribution is 0.0457. The minimum atomic E-state index is -0.489. The van der Waals surface area contributed by atoms with Gasteiger partial charge in [0.2, 0.25) is 0 Å². The molecule has 2 unspecified atom stereocenters. The molecular formula is C43H38N2O6S2. The van der Waals surface area contributed by atoms with E-state index < -0.39 is 11.9 Å². The van der Waals surface area contributed by atoms with Gasteiger partial charge in [-0.1, -0.05) is 60.2 Å². The molecular weight excluding hydrogens is 705 g/mol. The number of aromatic nitrogens is 2. The van der Waals surface area contributed by atoms with Crippen molar-refractivity contribution in [1.29, 1.82) is 0 Å². The van der Waals surface area contributed by atoms with Crippen LogP contribution >= 0.6 is 22.7 Å². The topological polar surface area (TPSA) is 118 Å². The Bertz CT molecular complexity index is 2380. The second-order valence-corrected chi connectivity index (χ2v) is 16.1. The molecule has 0 bridgehead atoms. The Balaban J connectivity index is 0.970. The number of carbonyl (C=O) groups is 4. The number of aromatic amines is 2. The van der Waals surface area contributed by atoms with Crippen molar-refractivity contribution < 1.29 is 28.7 Å². The number of rotatable bonds is 9. The van der Waals surface area contributed by atoms with Gasteiger partial charge in [-0.05, 0) is 85.0 Å². The van der Waals surface area contributed by atoms with Crippen molar-refractivity contribution in [3.8, 4) is 10.4 Å². The molecule has 0 saturated carbocycles. The van der Waals surface area contributed by atoms with Crippen LogP contribution in [0.3, 0.4) is 0 Å². The van der Waals surface area contributed by atoms with Crippen molar-refractivity contribution in [2.45, 2.75) is 71.5 Å². The fraction of sp³-hybridized carbons (Fsp3) is 0.256. The predicted octanol–water partition coefficient (Wildman–Crippen LogP) is 9.60. The maximum Gasteiger partial charge on any atom is 0.355 e. The summed E-state index contributed by atoms with van der Waals surface area (Å²) in [6.07, 6.45) is 2.06. The number of ketones is 2. The molecule has 0 amide bonds. The lowest BCUT2D eigenvalue weighted by Gasteiger charge is -2.20. The van der Waals surface area contributed by atoms with Gasteiger partial charge in [0.25, 0.3) is 0 Å². The summed E-state index contributed by atoms with van der Waals surface area (Å²) in [5, 5.41) is 2.02. The predicted molar refractivity (Wildman–Crippen MR) is 205 cm³/mol. The molecule has 268 valence electrons. The Labute approximate surface area is 315 Å². The van der Waals surface area contributed by atoms with Gasteiger partial charge in [0.15, 0.2) is 11.6 Å². The molecule has 2 aliphatic rings. The number of hydrogen-bond donors (Lipinski definition) is 2. The Morgan fingerprint density at radius 3 is 1.94 bits per heavy atom. The summed E-state index contributed by atoms with van der Waals surface area (Å²) >= 11 is 3.28. The zero-order valence-electron chi connectivity index (χ0n) is 29.7. The van der Waals surface area contributed by atoms with Crippen LogP contribution < -0.4 is 0 Å². The number of H-pyrrole nitrogens is 2. The summed E-state index contributed by atoms with van der Waals surface area (Å²) in [5.41, 5.74) is 8.51. The van der Waals surface area contributed by atoms with E-state index in [9.17, 15) is 19.2 Å². The number of hydrogen-bond acceptors (Lipinski definition) is 8.